The Bertz CT molecular complexity index is 1360. The summed E-state index contributed by atoms with van der Waals surface area (Å²) >= 11 is 1.47. The van der Waals surface area contributed by atoms with Crippen LogP contribution in [0.2, 0.25) is 0 Å². The topological polar surface area (TPSA) is 83.7 Å². The summed E-state index contributed by atoms with van der Waals surface area (Å²) in [5, 5.41) is 15.1. The van der Waals surface area contributed by atoms with Crippen molar-refractivity contribution in [2.45, 2.75) is 6.61 Å². The highest BCUT2D eigenvalue weighted by Gasteiger charge is 2.17. The molecule has 0 atom stereocenters. The average Bonchev–Trinajstić information content (AvgIpc) is 3.47. The lowest BCUT2D eigenvalue weighted by Crippen LogP contribution is -2.02. The van der Waals surface area contributed by atoms with Gasteiger partial charge in [-0.05, 0) is 24.3 Å². The molecule has 0 fully saturated rings. The second-order valence-corrected chi connectivity index (χ2v) is 7.36. The number of pyridine rings is 1. The molecule has 0 saturated heterocycles. The fourth-order valence-electron chi connectivity index (χ4n) is 3.25. The molecular formula is C20H13N5O3S. The third kappa shape index (κ3) is 2.74. The van der Waals surface area contributed by atoms with Gasteiger partial charge in [-0.2, -0.15) is 9.61 Å². The first-order chi connectivity index (χ1) is 14.3. The molecule has 0 aliphatic carbocycles. The standard InChI is InChI=1S/C20H13N5O3S/c1-3-12-4-2-8-21-18(12)14(5-1)19-24-25-17(22-23-20(25)29-19)10-26-13-6-7-15-16(9-13)28-11-27-15/h1-9H,10-11H2. The van der Waals surface area contributed by atoms with Gasteiger partial charge in [0, 0.05) is 23.2 Å². The van der Waals surface area contributed by atoms with E-state index in [0.29, 0.717) is 22.3 Å². The summed E-state index contributed by atoms with van der Waals surface area (Å²) < 4.78 is 18.3. The van der Waals surface area contributed by atoms with Crippen molar-refractivity contribution in [2.24, 2.45) is 0 Å². The number of aromatic nitrogens is 5. The number of rotatable bonds is 4. The maximum atomic E-state index is 5.86. The largest absolute Gasteiger partial charge is 0.485 e. The van der Waals surface area contributed by atoms with Crippen LogP contribution in [0.5, 0.6) is 17.2 Å². The van der Waals surface area contributed by atoms with Crippen LogP contribution in [0, 0.1) is 0 Å². The molecule has 29 heavy (non-hydrogen) atoms. The monoisotopic (exact) mass is 403 g/mol. The Morgan fingerprint density at radius 1 is 1.03 bits per heavy atom. The molecule has 0 spiro atoms. The molecule has 0 N–H and O–H groups in total. The van der Waals surface area contributed by atoms with Crippen LogP contribution in [0.4, 0.5) is 0 Å². The molecule has 8 nitrogen and oxygen atoms in total. The van der Waals surface area contributed by atoms with E-state index in [2.05, 4.69) is 15.2 Å². The highest BCUT2D eigenvalue weighted by molar-refractivity contribution is 7.19. The van der Waals surface area contributed by atoms with Gasteiger partial charge >= 0.3 is 0 Å². The maximum absolute atomic E-state index is 5.86. The van der Waals surface area contributed by atoms with E-state index in [-0.39, 0.29) is 13.4 Å². The van der Waals surface area contributed by atoms with E-state index in [9.17, 15) is 0 Å². The summed E-state index contributed by atoms with van der Waals surface area (Å²) in [5.74, 6) is 2.68. The first kappa shape index (κ1) is 16.3. The second kappa shape index (κ2) is 6.42. The molecule has 6 rings (SSSR count). The minimum Gasteiger partial charge on any atom is -0.485 e. The number of fused-ring (bicyclic) bond motifs is 3. The predicted octanol–water partition coefficient (Wildman–Crippen LogP) is 3.71. The smallest absolute Gasteiger partial charge is 0.235 e. The lowest BCUT2D eigenvalue weighted by molar-refractivity contribution is 0.173. The molecule has 3 aromatic heterocycles. The quantitative estimate of drug-likeness (QED) is 0.452. The number of nitrogens with zero attached hydrogens (tertiary/aromatic N) is 5. The van der Waals surface area contributed by atoms with Crippen LogP contribution in [-0.2, 0) is 6.61 Å². The van der Waals surface area contributed by atoms with Gasteiger partial charge in [-0.1, -0.05) is 29.5 Å². The fourth-order valence-corrected chi connectivity index (χ4v) is 4.13. The van der Waals surface area contributed by atoms with E-state index in [1.807, 2.05) is 42.5 Å². The Morgan fingerprint density at radius 2 is 1.97 bits per heavy atom. The van der Waals surface area contributed by atoms with E-state index in [4.69, 9.17) is 19.3 Å². The second-order valence-electron chi connectivity index (χ2n) is 6.40. The van der Waals surface area contributed by atoms with E-state index < -0.39 is 0 Å². The summed E-state index contributed by atoms with van der Waals surface area (Å²) in [6.45, 7) is 0.464. The summed E-state index contributed by atoms with van der Waals surface area (Å²) in [4.78, 5) is 5.22. The van der Waals surface area contributed by atoms with Crippen molar-refractivity contribution in [1.82, 2.24) is 24.8 Å². The number of benzene rings is 2. The summed E-state index contributed by atoms with van der Waals surface area (Å²) in [7, 11) is 0. The van der Waals surface area contributed by atoms with Crippen LogP contribution < -0.4 is 14.2 Å². The normalized spacial score (nSPS) is 12.7. The molecule has 5 aromatic rings. The highest BCUT2D eigenvalue weighted by atomic mass is 32.1. The minimum absolute atomic E-state index is 0.230. The van der Waals surface area contributed by atoms with Gasteiger partial charge in [0.05, 0.1) is 5.52 Å². The molecule has 0 radical (unpaired) electrons. The van der Waals surface area contributed by atoms with Gasteiger partial charge in [0.1, 0.15) is 17.4 Å². The van der Waals surface area contributed by atoms with Crippen LogP contribution in [0.1, 0.15) is 5.82 Å². The molecule has 0 saturated carbocycles. The number of hydrogen-bond acceptors (Lipinski definition) is 8. The third-order valence-electron chi connectivity index (χ3n) is 4.63. The Kier molecular flexibility index (Phi) is 3.60. The lowest BCUT2D eigenvalue weighted by atomic mass is 10.1. The van der Waals surface area contributed by atoms with Gasteiger partial charge in [-0.25, -0.2) is 0 Å². The van der Waals surface area contributed by atoms with Crippen LogP contribution >= 0.6 is 11.3 Å². The Hall–Kier alpha value is -3.72. The van der Waals surface area contributed by atoms with Crippen molar-refractivity contribution in [1.29, 1.82) is 0 Å². The minimum atomic E-state index is 0.230. The van der Waals surface area contributed by atoms with Gasteiger partial charge in [-0.3, -0.25) is 4.98 Å². The SMILES string of the molecule is c1cnc2c(-c3nn4c(COc5ccc6c(c5)OCO6)nnc4s3)cccc2c1. The number of para-hydroxylation sites is 1. The van der Waals surface area contributed by atoms with E-state index in [0.717, 1.165) is 27.2 Å². The van der Waals surface area contributed by atoms with Crippen molar-refractivity contribution >= 4 is 27.2 Å². The molecule has 1 aliphatic rings. The summed E-state index contributed by atoms with van der Waals surface area (Å²) in [6.07, 6.45) is 1.79. The van der Waals surface area contributed by atoms with Crippen molar-refractivity contribution < 1.29 is 14.2 Å². The van der Waals surface area contributed by atoms with Crippen LogP contribution in [-0.4, -0.2) is 31.6 Å². The lowest BCUT2D eigenvalue weighted by Gasteiger charge is -2.05. The van der Waals surface area contributed by atoms with Crippen molar-refractivity contribution in [3.8, 4) is 27.8 Å². The van der Waals surface area contributed by atoms with Crippen molar-refractivity contribution in [2.75, 3.05) is 6.79 Å². The Labute approximate surface area is 168 Å². The number of ether oxygens (including phenoxy) is 3. The molecule has 2 aromatic carbocycles. The molecule has 9 heteroatoms. The van der Waals surface area contributed by atoms with E-state index in [1.165, 1.54) is 11.3 Å². The summed E-state index contributed by atoms with van der Waals surface area (Å²) in [6, 6.07) is 15.5. The van der Waals surface area contributed by atoms with E-state index in [1.54, 1.807) is 16.8 Å². The molecule has 1 aliphatic heterocycles. The van der Waals surface area contributed by atoms with Gasteiger partial charge in [-0.15, -0.1) is 10.2 Å². The zero-order valence-corrected chi connectivity index (χ0v) is 15.8. The van der Waals surface area contributed by atoms with Crippen LogP contribution in [0.3, 0.4) is 0 Å². The van der Waals surface area contributed by atoms with Crippen molar-refractivity contribution in [3.63, 3.8) is 0 Å². The Morgan fingerprint density at radius 3 is 2.97 bits per heavy atom. The van der Waals surface area contributed by atoms with Crippen LogP contribution in [0.15, 0.2) is 54.7 Å². The van der Waals surface area contributed by atoms with Gasteiger partial charge in [0.25, 0.3) is 0 Å². The molecular weight excluding hydrogens is 390 g/mol. The molecule has 142 valence electrons. The number of hydrogen-bond donors (Lipinski definition) is 0. The molecule has 0 amide bonds. The fraction of sp³-hybridized carbons (Fsp3) is 0.100. The van der Waals surface area contributed by atoms with E-state index >= 15 is 0 Å². The highest BCUT2D eigenvalue weighted by Crippen LogP contribution is 2.35. The Balaban J connectivity index is 1.31. The first-order valence-corrected chi connectivity index (χ1v) is 9.74. The van der Waals surface area contributed by atoms with Gasteiger partial charge in [0.15, 0.2) is 17.3 Å². The first-order valence-electron chi connectivity index (χ1n) is 8.93. The summed E-state index contributed by atoms with van der Waals surface area (Å²) in [5.41, 5.74) is 1.89. The van der Waals surface area contributed by atoms with Crippen molar-refractivity contribution in [3.05, 3.63) is 60.6 Å². The average molecular weight is 403 g/mol. The molecule has 4 heterocycles. The van der Waals surface area contributed by atoms with Crippen LogP contribution in [0.25, 0.3) is 26.4 Å². The van der Waals surface area contributed by atoms with Gasteiger partial charge in [0.2, 0.25) is 11.8 Å². The maximum Gasteiger partial charge on any atom is 0.235 e. The van der Waals surface area contributed by atoms with Gasteiger partial charge < -0.3 is 14.2 Å². The zero-order valence-electron chi connectivity index (χ0n) is 15.0. The third-order valence-corrected chi connectivity index (χ3v) is 5.56. The predicted molar refractivity (Wildman–Crippen MR) is 106 cm³/mol. The zero-order chi connectivity index (χ0) is 19.2. The molecule has 0 bridgehead atoms. The molecule has 0 unspecified atom stereocenters.